The summed E-state index contributed by atoms with van der Waals surface area (Å²) in [5, 5.41) is 0. The molecule has 0 aliphatic carbocycles. The molecule has 0 saturated carbocycles. The van der Waals surface area contributed by atoms with Crippen LogP contribution in [0.25, 0.3) is 0 Å². The maximum absolute atomic E-state index is 5.30. The van der Waals surface area contributed by atoms with Crippen molar-refractivity contribution in [3.63, 3.8) is 0 Å². The van der Waals surface area contributed by atoms with Crippen molar-refractivity contribution in [2.45, 2.75) is 27.7 Å². The molecule has 0 heterocycles. The van der Waals surface area contributed by atoms with Crippen LogP contribution in [-0.4, -0.2) is 6.72 Å². The average molecular weight is 344 g/mol. The second kappa shape index (κ2) is 4.71. The Labute approximate surface area is 94.5 Å². The third kappa shape index (κ3) is 2.28. The zero-order chi connectivity index (χ0) is 9.30. The summed E-state index contributed by atoms with van der Waals surface area (Å²) < 4.78 is 0. The monoisotopic (exact) mass is 344 g/mol. The van der Waals surface area contributed by atoms with Crippen LogP contribution in [0.15, 0.2) is 11.1 Å². The Morgan fingerprint density at radius 1 is 1.00 bits per heavy atom. The van der Waals surface area contributed by atoms with Crippen LogP contribution in [0.2, 0.25) is 0 Å². The second-order valence-electron chi connectivity index (χ2n) is 3.24. The Morgan fingerprint density at radius 3 is 2.00 bits per heavy atom. The number of benzene rings is 1. The molecule has 0 amide bonds. The van der Waals surface area contributed by atoms with Gasteiger partial charge in [-0.2, -0.15) is 6.72 Å². The Bertz CT molecular complexity index is 329. The van der Waals surface area contributed by atoms with Crippen LogP contribution in [-0.2, 0) is 21.1 Å². The fourth-order valence-corrected chi connectivity index (χ4v) is 1.47. The van der Waals surface area contributed by atoms with Crippen molar-refractivity contribution in [2.24, 2.45) is 4.99 Å². The molecule has 0 unspecified atom stereocenters. The summed E-state index contributed by atoms with van der Waals surface area (Å²) in [5.41, 5.74) is 5.86. The van der Waals surface area contributed by atoms with Gasteiger partial charge in [-0.1, -0.05) is 36.7 Å². The van der Waals surface area contributed by atoms with Crippen LogP contribution in [0.1, 0.15) is 22.3 Å². The fourth-order valence-electron chi connectivity index (χ4n) is 1.47. The van der Waals surface area contributed by atoms with Gasteiger partial charge < -0.3 is 4.99 Å². The third-order valence-corrected chi connectivity index (χ3v) is 2.44. The Balaban J connectivity index is 0.00000144. The van der Waals surface area contributed by atoms with Gasteiger partial charge in [0.05, 0.1) is 0 Å². The molecule has 0 fully saturated rings. The summed E-state index contributed by atoms with van der Waals surface area (Å²) in [7, 11) is 0. The minimum Gasteiger partial charge on any atom is -0.459 e. The number of nitrogens with zero attached hydrogens (tertiary/aromatic N) is 1. The first-order valence-electron chi connectivity index (χ1n) is 4.06. The predicted molar refractivity (Wildman–Crippen MR) is 53.5 cm³/mol. The van der Waals surface area contributed by atoms with Gasteiger partial charge in [-0.3, -0.25) is 0 Å². The van der Waals surface area contributed by atoms with Crippen molar-refractivity contribution < 1.29 is 21.1 Å². The van der Waals surface area contributed by atoms with Crippen molar-refractivity contribution in [3.8, 4) is 0 Å². The normalized spacial score (nSPS) is 9.23. The summed E-state index contributed by atoms with van der Waals surface area (Å²) in [5.74, 6) is 0. The summed E-state index contributed by atoms with van der Waals surface area (Å²) in [6, 6.07) is 2.12. The zero-order valence-corrected chi connectivity index (χ0v) is 11.4. The van der Waals surface area contributed by atoms with Crippen molar-refractivity contribution >= 4 is 12.4 Å². The number of aliphatic imine (C=N–C) groups is 1. The van der Waals surface area contributed by atoms with Crippen LogP contribution in [0.3, 0.4) is 0 Å². The molecular weight excluding hydrogens is 330 g/mol. The standard InChI is InChI=1S/C11H14N.W/c1-7-6-8(2)11(12-5)10(4)9(7)3;/h5-6H,1-4H3;/q-1;+2. The molecule has 0 spiro atoms. The first-order chi connectivity index (χ1) is 5.57. The van der Waals surface area contributed by atoms with E-state index in [0.29, 0.717) is 0 Å². The summed E-state index contributed by atoms with van der Waals surface area (Å²) in [6.45, 7) is 13.6. The smallest absolute Gasteiger partial charge is 0.459 e. The molecule has 0 atom stereocenters. The zero-order valence-electron chi connectivity index (χ0n) is 8.51. The molecule has 1 nitrogen and oxygen atoms in total. The molecule has 0 radical (unpaired) electrons. The van der Waals surface area contributed by atoms with E-state index in [0.717, 1.165) is 11.3 Å². The molecule has 0 aliphatic rings. The number of rotatable bonds is 1. The van der Waals surface area contributed by atoms with Crippen LogP contribution in [0.5, 0.6) is 0 Å². The Hall–Kier alpha value is -0.422. The molecule has 1 aromatic rings. The SMILES string of the molecule is [CH-]=Nc1c(C)cc(C)c(C)c1C.[W+2]. The van der Waals surface area contributed by atoms with E-state index in [1.165, 1.54) is 16.7 Å². The van der Waals surface area contributed by atoms with Crippen LogP contribution in [0.4, 0.5) is 5.69 Å². The van der Waals surface area contributed by atoms with E-state index in [-0.39, 0.29) is 21.1 Å². The molecule has 2 heteroatoms. The Kier molecular flexibility index (Phi) is 4.56. The van der Waals surface area contributed by atoms with Gasteiger partial charge in [0.2, 0.25) is 0 Å². The van der Waals surface area contributed by atoms with Crippen molar-refractivity contribution in [1.29, 1.82) is 0 Å². The molecule has 0 bridgehead atoms. The number of hydrogen-bond donors (Lipinski definition) is 0. The number of aryl methyl sites for hydroxylation is 2. The van der Waals surface area contributed by atoms with E-state index in [9.17, 15) is 0 Å². The topological polar surface area (TPSA) is 12.4 Å². The van der Waals surface area contributed by atoms with E-state index >= 15 is 0 Å². The summed E-state index contributed by atoms with van der Waals surface area (Å²) in [4.78, 5) is 3.77. The molecule has 0 aliphatic heterocycles. The maximum atomic E-state index is 5.30. The molecular formula is C11H14NW+. The molecule has 1 aromatic carbocycles. The van der Waals surface area contributed by atoms with Gasteiger partial charge in [0.1, 0.15) is 0 Å². The van der Waals surface area contributed by atoms with Crippen molar-refractivity contribution in [2.75, 3.05) is 0 Å². The van der Waals surface area contributed by atoms with Crippen LogP contribution < -0.4 is 0 Å². The molecule has 1 rings (SSSR count). The molecule has 13 heavy (non-hydrogen) atoms. The molecule has 0 N–H and O–H groups in total. The minimum absolute atomic E-state index is 0. The van der Waals surface area contributed by atoms with Gasteiger partial charge in [-0.25, -0.2) is 0 Å². The van der Waals surface area contributed by atoms with Crippen molar-refractivity contribution in [1.82, 2.24) is 0 Å². The summed E-state index contributed by atoms with van der Waals surface area (Å²) >= 11 is 0. The van der Waals surface area contributed by atoms with E-state index in [2.05, 4.69) is 31.8 Å². The van der Waals surface area contributed by atoms with Crippen LogP contribution >= 0.6 is 0 Å². The molecule has 0 aromatic heterocycles. The van der Waals surface area contributed by atoms with Gasteiger partial charge in [-0.05, 0) is 13.8 Å². The van der Waals surface area contributed by atoms with E-state index in [1.54, 1.807) is 0 Å². The molecule has 0 saturated heterocycles. The second-order valence-corrected chi connectivity index (χ2v) is 3.24. The van der Waals surface area contributed by atoms with Gasteiger partial charge in [-0.15, -0.1) is 11.1 Å². The largest absolute Gasteiger partial charge is 2.00 e. The summed E-state index contributed by atoms with van der Waals surface area (Å²) in [6.07, 6.45) is 0. The average Bonchev–Trinajstić information content (AvgIpc) is 2.01. The minimum atomic E-state index is 0. The van der Waals surface area contributed by atoms with Crippen molar-refractivity contribution in [3.05, 3.63) is 28.3 Å². The van der Waals surface area contributed by atoms with Crippen LogP contribution in [0, 0.1) is 27.7 Å². The molecule has 68 valence electrons. The van der Waals surface area contributed by atoms with E-state index in [4.69, 9.17) is 6.72 Å². The van der Waals surface area contributed by atoms with Gasteiger partial charge in [0.15, 0.2) is 0 Å². The third-order valence-electron chi connectivity index (χ3n) is 2.44. The van der Waals surface area contributed by atoms with E-state index in [1.807, 2.05) is 6.92 Å². The van der Waals surface area contributed by atoms with Gasteiger partial charge >= 0.3 is 21.1 Å². The Morgan fingerprint density at radius 2 is 1.54 bits per heavy atom. The predicted octanol–water partition coefficient (Wildman–Crippen LogP) is 3.13. The fraction of sp³-hybridized carbons (Fsp3) is 0.364. The van der Waals surface area contributed by atoms with Gasteiger partial charge in [0.25, 0.3) is 0 Å². The number of hydrogen-bond acceptors (Lipinski definition) is 1. The van der Waals surface area contributed by atoms with E-state index < -0.39 is 0 Å². The quantitative estimate of drug-likeness (QED) is 0.548. The first kappa shape index (κ1) is 12.6. The maximum Gasteiger partial charge on any atom is 2.00 e. The van der Waals surface area contributed by atoms with Gasteiger partial charge in [0, 0.05) is 0 Å². The first-order valence-corrected chi connectivity index (χ1v) is 4.06.